The number of aromatic nitrogens is 2. The predicted molar refractivity (Wildman–Crippen MR) is 63.4 cm³/mol. The summed E-state index contributed by atoms with van der Waals surface area (Å²) in [6.07, 6.45) is -3.00. The Morgan fingerprint density at radius 3 is 2.05 bits per heavy atom. The smallest absolute Gasteiger partial charge is 0.321 e. The molecule has 0 aliphatic rings. The maximum absolute atomic E-state index is 12.1. The fourth-order valence-electron chi connectivity index (χ4n) is 1.33. The van der Waals surface area contributed by atoms with Gasteiger partial charge in [-0.15, -0.1) is 0 Å². The first-order valence-electron chi connectivity index (χ1n) is 5.31. The third kappa shape index (κ3) is 5.18. The van der Waals surface area contributed by atoms with Crippen LogP contribution in [-0.4, -0.2) is 34.2 Å². The SMILES string of the molecule is FC(F)(F)Cn1cnc2ccccc21.O=S(=O)(O)C(F)(F)F. The summed E-state index contributed by atoms with van der Waals surface area (Å²) >= 11 is 0. The first-order chi connectivity index (χ1) is 9.81. The van der Waals surface area contributed by atoms with Crippen molar-refractivity contribution >= 4 is 21.2 Å². The molecule has 0 spiro atoms. The number of nitrogens with zero attached hydrogens (tertiary/aromatic N) is 2. The molecule has 0 saturated carbocycles. The van der Waals surface area contributed by atoms with Gasteiger partial charge in [0.2, 0.25) is 0 Å². The zero-order chi connectivity index (χ0) is 17.2. The Labute approximate surface area is 119 Å². The Morgan fingerprint density at radius 2 is 1.59 bits per heavy atom. The van der Waals surface area contributed by atoms with E-state index in [1.165, 1.54) is 6.33 Å². The number of alkyl halides is 6. The molecule has 2 rings (SSSR count). The Kier molecular flexibility index (Phi) is 5.07. The normalized spacial score (nSPS) is 12.9. The monoisotopic (exact) mass is 350 g/mol. The number of hydrogen-bond acceptors (Lipinski definition) is 3. The zero-order valence-electron chi connectivity index (χ0n) is 10.4. The molecule has 124 valence electrons. The number of para-hydroxylation sites is 2. The van der Waals surface area contributed by atoms with Crippen LogP contribution in [0.3, 0.4) is 0 Å². The van der Waals surface area contributed by atoms with Gasteiger partial charge in [0.25, 0.3) is 0 Å². The number of halogens is 6. The molecule has 1 aromatic heterocycles. The first-order valence-corrected chi connectivity index (χ1v) is 6.75. The van der Waals surface area contributed by atoms with Crippen molar-refractivity contribution in [2.45, 2.75) is 18.2 Å². The van der Waals surface area contributed by atoms with Gasteiger partial charge in [0.05, 0.1) is 17.4 Å². The van der Waals surface area contributed by atoms with Crippen molar-refractivity contribution in [3.05, 3.63) is 30.6 Å². The van der Waals surface area contributed by atoms with Gasteiger partial charge >= 0.3 is 21.8 Å². The quantitative estimate of drug-likeness (QED) is 0.488. The summed E-state index contributed by atoms with van der Waals surface area (Å²) in [6.45, 7) is -0.993. The molecule has 1 N–H and O–H groups in total. The van der Waals surface area contributed by atoms with Gasteiger partial charge in [-0.1, -0.05) is 12.1 Å². The van der Waals surface area contributed by atoms with E-state index >= 15 is 0 Å². The van der Waals surface area contributed by atoms with Crippen LogP contribution in [0.4, 0.5) is 26.3 Å². The minimum atomic E-state index is -5.84. The largest absolute Gasteiger partial charge is 0.522 e. The lowest BCUT2D eigenvalue weighted by Gasteiger charge is -2.07. The molecular formula is C10H8F6N2O3S. The van der Waals surface area contributed by atoms with Crippen molar-refractivity contribution in [1.29, 1.82) is 0 Å². The highest BCUT2D eigenvalue weighted by molar-refractivity contribution is 7.86. The molecule has 5 nitrogen and oxygen atoms in total. The average molecular weight is 350 g/mol. The summed E-state index contributed by atoms with van der Waals surface area (Å²) in [5, 5.41) is 0. The van der Waals surface area contributed by atoms with E-state index in [1.807, 2.05) is 0 Å². The number of fused-ring (bicyclic) bond motifs is 1. The van der Waals surface area contributed by atoms with Crippen molar-refractivity contribution in [2.24, 2.45) is 0 Å². The van der Waals surface area contributed by atoms with Crippen molar-refractivity contribution in [3.8, 4) is 0 Å². The molecule has 2 aromatic rings. The molecule has 0 saturated heterocycles. The minimum Gasteiger partial charge on any atom is -0.321 e. The van der Waals surface area contributed by atoms with E-state index in [2.05, 4.69) is 4.98 Å². The summed E-state index contributed by atoms with van der Waals surface area (Å²) in [4.78, 5) is 3.87. The van der Waals surface area contributed by atoms with Crippen LogP contribution in [0.25, 0.3) is 11.0 Å². The molecule has 0 aliphatic carbocycles. The van der Waals surface area contributed by atoms with Gasteiger partial charge in [-0.25, -0.2) is 4.98 Å². The van der Waals surface area contributed by atoms with Gasteiger partial charge < -0.3 is 4.57 Å². The highest BCUT2D eigenvalue weighted by Crippen LogP contribution is 2.21. The second-order valence-corrected chi connectivity index (χ2v) is 5.31. The second-order valence-electron chi connectivity index (χ2n) is 3.90. The van der Waals surface area contributed by atoms with Gasteiger partial charge in [0.15, 0.2) is 0 Å². The van der Waals surface area contributed by atoms with Crippen LogP contribution in [0, 0.1) is 0 Å². The molecule has 1 aromatic carbocycles. The van der Waals surface area contributed by atoms with Gasteiger partial charge in [-0.3, -0.25) is 4.55 Å². The van der Waals surface area contributed by atoms with Crippen LogP contribution in [0.15, 0.2) is 30.6 Å². The topological polar surface area (TPSA) is 72.2 Å². The Hall–Kier alpha value is -1.82. The number of hydrogen-bond donors (Lipinski definition) is 1. The highest BCUT2D eigenvalue weighted by Gasteiger charge is 2.44. The van der Waals surface area contributed by atoms with Gasteiger partial charge in [0.1, 0.15) is 6.54 Å². The highest BCUT2D eigenvalue weighted by atomic mass is 32.2. The Morgan fingerprint density at radius 1 is 1.09 bits per heavy atom. The minimum absolute atomic E-state index is 0.504. The van der Waals surface area contributed by atoms with Crippen molar-refractivity contribution in [1.82, 2.24) is 9.55 Å². The lowest BCUT2D eigenvalue weighted by molar-refractivity contribution is -0.139. The van der Waals surface area contributed by atoms with E-state index < -0.39 is 28.3 Å². The molecule has 0 bridgehead atoms. The van der Waals surface area contributed by atoms with Crippen molar-refractivity contribution in [3.63, 3.8) is 0 Å². The Bertz CT molecular complexity index is 735. The molecule has 0 atom stereocenters. The second kappa shape index (κ2) is 6.12. The standard InChI is InChI=1S/C9H7F3N2.CHF3O3S/c10-9(11,12)5-14-6-13-7-3-1-2-4-8(7)14;2-1(3,4)8(5,6)7/h1-4,6H,5H2;(H,5,6,7). The summed E-state index contributed by atoms with van der Waals surface area (Å²) in [6, 6.07) is 6.74. The van der Waals surface area contributed by atoms with Crippen LogP contribution in [0.2, 0.25) is 0 Å². The van der Waals surface area contributed by atoms with Crippen LogP contribution in [0.5, 0.6) is 0 Å². The molecule has 0 amide bonds. The van der Waals surface area contributed by atoms with Crippen molar-refractivity contribution < 1.29 is 39.3 Å². The van der Waals surface area contributed by atoms with E-state index in [-0.39, 0.29) is 0 Å². The van der Waals surface area contributed by atoms with Crippen molar-refractivity contribution in [2.75, 3.05) is 0 Å². The van der Waals surface area contributed by atoms with E-state index in [9.17, 15) is 26.3 Å². The summed E-state index contributed by atoms with van der Waals surface area (Å²) in [5.74, 6) is 0. The van der Waals surface area contributed by atoms with Gasteiger partial charge in [0, 0.05) is 0 Å². The van der Waals surface area contributed by atoms with E-state index in [4.69, 9.17) is 13.0 Å². The molecular weight excluding hydrogens is 342 g/mol. The predicted octanol–water partition coefficient (Wildman–Crippen LogP) is 2.99. The maximum Gasteiger partial charge on any atom is 0.522 e. The fourth-order valence-corrected chi connectivity index (χ4v) is 1.33. The number of benzene rings is 1. The zero-order valence-corrected chi connectivity index (χ0v) is 11.2. The molecule has 0 fully saturated rings. The summed E-state index contributed by atoms with van der Waals surface area (Å²) in [5.41, 5.74) is -4.45. The van der Waals surface area contributed by atoms with Gasteiger partial charge in [-0.05, 0) is 12.1 Å². The number of imidazole rings is 1. The summed E-state index contributed by atoms with van der Waals surface area (Å²) < 4.78 is 94.9. The van der Waals surface area contributed by atoms with Crippen LogP contribution in [-0.2, 0) is 16.7 Å². The molecule has 0 unspecified atom stereocenters. The van der Waals surface area contributed by atoms with Crippen LogP contribution < -0.4 is 0 Å². The average Bonchev–Trinajstić information content (AvgIpc) is 2.69. The maximum atomic E-state index is 12.1. The number of rotatable bonds is 1. The summed E-state index contributed by atoms with van der Waals surface area (Å²) in [7, 11) is -5.84. The third-order valence-corrected chi connectivity index (χ3v) is 2.75. The van der Waals surface area contributed by atoms with Crippen LogP contribution in [0.1, 0.15) is 0 Å². The Balaban J connectivity index is 0.000000261. The molecule has 22 heavy (non-hydrogen) atoms. The third-order valence-electron chi connectivity index (χ3n) is 2.17. The molecule has 0 radical (unpaired) electrons. The first kappa shape index (κ1) is 18.2. The molecule has 12 heteroatoms. The lowest BCUT2D eigenvalue weighted by Crippen LogP contribution is -2.21. The van der Waals surface area contributed by atoms with E-state index in [0.29, 0.717) is 11.0 Å². The molecule has 0 aliphatic heterocycles. The van der Waals surface area contributed by atoms with E-state index in [0.717, 1.165) is 4.57 Å². The van der Waals surface area contributed by atoms with E-state index in [1.54, 1.807) is 24.3 Å². The van der Waals surface area contributed by atoms with Gasteiger partial charge in [-0.2, -0.15) is 34.8 Å². The molecule has 1 heterocycles. The van der Waals surface area contributed by atoms with Crippen LogP contribution >= 0.6 is 0 Å². The lowest BCUT2D eigenvalue weighted by atomic mass is 10.3. The fraction of sp³-hybridized carbons (Fsp3) is 0.300.